The zero-order valence-corrected chi connectivity index (χ0v) is 14.2. The second-order valence-corrected chi connectivity index (χ2v) is 4.29. The Balaban J connectivity index is 0.00000242. The molecule has 0 aliphatic carbocycles. The molecule has 0 saturated carbocycles. The van der Waals surface area contributed by atoms with E-state index in [4.69, 9.17) is 6.42 Å². The summed E-state index contributed by atoms with van der Waals surface area (Å²) in [6, 6.07) is 8.02. The van der Waals surface area contributed by atoms with E-state index in [-0.39, 0.29) is 41.8 Å². The van der Waals surface area contributed by atoms with Crippen molar-refractivity contribution in [3.63, 3.8) is 0 Å². The second-order valence-electron chi connectivity index (χ2n) is 4.29. The van der Waals surface area contributed by atoms with Crippen LogP contribution in [0, 0.1) is 12.3 Å². The van der Waals surface area contributed by atoms with Gasteiger partial charge in [0.2, 0.25) is 0 Å². The molecule has 0 saturated heterocycles. The molecule has 0 radical (unpaired) electrons. The summed E-state index contributed by atoms with van der Waals surface area (Å²) in [5.74, 6) is 0.502. The van der Waals surface area contributed by atoms with Crippen LogP contribution in [0.1, 0.15) is 17.3 Å². The fourth-order valence-electron chi connectivity index (χ4n) is 1.97. The van der Waals surface area contributed by atoms with Gasteiger partial charge in [0, 0.05) is 0 Å². The summed E-state index contributed by atoms with van der Waals surface area (Å²) >= 11 is 0. The molecule has 0 bridgehead atoms. The van der Waals surface area contributed by atoms with Gasteiger partial charge in [-0.3, -0.25) is 14.2 Å². The topological polar surface area (TPSA) is 84.1 Å². The number of rotatable bonds is 3. The number of terminal acetylenes is 1. The Kier molecular flexibility index (Phi) is 5.94. The van der Waals surface area contributed by atoms with E-state index in [1.807, 2.05) is 0 Å². The number of carbonyl (C=O) groups excluding carboxylic acids is 1. The summed E-state index contributed by atoms with van der Waals surface area (Å²) in [6.07, 6.45) is 5.13. The van der Waals surface area contributed by atoms with Crippen LogP contribution in [0.3, 0.4) is 0 Å². The van der Waals surface area contributed by atoms with Gasteiger partial charge in [-0.1, -0.05) is 24.1 Å². The molecule has 0 amide bonds. The van der Waals surface area contributed by atoms with E-state index in [1.54, 1.807) is 18.2 Å². The molecular formula is C15H11N2NaO4. The number of ketones is 1. The largest absolute Gasteiger partial charge is 1.00 e. The van der Waals surface area contributed by atoms with Crippen LogP contribution in [0.25, 0.3) is 5.69 Å². The minimum Gasteiger partial charge on any atom is -0.859 e. The Morgan fingerprint density at radius 2 is 1.86 bits per heavy atom. The minimum absolute atomic E-state index is 0. The third-order valence-corrected chi connectivity index (χ3v) is 2.91. The van der Waals surface area contributed by atoms with Crippen LogP contribution in [0.5, 0.6) is 5.88 Å². The van der Waals surface area contributed by atoms with Gasteiger partial charge in [0.05, 0.1) is 17.8 Å². The van der Waals surface area contributed by atoms with Crippen molar-refractivity contribution in [2.75, 3.05) is 0 Å². The van der Waals surface area contributed by atoms with Gasteiger partial charge in [-0.15, -0.1) is 6.42 Å². The van der Waals surface area contributed by atoms with Crippen molar-refractivity contribution in [3.8, 4) is 23.9 Å². The molecule has 0 aliphatic heterocycles. The van der Waals surface area contributed by atoms with Crippen molar-refractivity contribution in [2.24, 2.45) is 0 Å². The van der Waals surface area contributed by atoms with Crippen LogP contribution in [0.15, 0.2) is 39.9 Å². The maximum absolute atomic E-state index is 12.3. The maximum Gasteiger partial charge on any atom is 1.00 e. The summed E-state index contributed by atoms with van der Waals surface area (Å²) in [7, 11) is 0. The molecule has 0 N–H and O–H groups in total. The average molecular weight is 306 g/mol. The van der Waals surface area contributed by atoms with Crippen molar-refractivity contribution < 1.29 is 39.5 Å². The summed E-state index contributed by atoms with van der Waals surface area (Å²) in [5, 5.41) is 12.1. The summed E-state index contributed by atoms with van der Waals surface area (Å²) in [4.78, 5) is 36.1. The Labute approximate surface area is 148 Å². The minimum atomic E-state index is -0.956. The summed E-state index contributed by atoms with van der Waals surface area (Å²) in [5.41, 5.74) is -2.11. The molecule has 0 unspecified atom stereocenters. The SMILES string of the molecule is C#CCn1c([O-])c(C(C)=O)c(=O)n(-c2ccccc2)c1=O.[Na+]. The molecule has 2 aromatic rings. The van der Waals surface area contributed by atoms with Crippen LogP contribution in [0.2, 0.25) is 0 Å². The zero-order valence-electron chi connectivity index (χ0n) is 12.2. The van der Waals surface area contributed by atoms with Gasteiger partial charge in [0.1, 0.15) is 0 Å². The van der Waals surface area contributed by atoms with E-state index in [0.29, 0.717) is 4.57 Å². The Morgan fingerprint density at radius 1 is 1.27 bits per heavy atom. The Morgan fingerprint density at radius 3 is 2.36 bits per heavy atom. The molecule has 7 heteroatoms. The molecule has 6 nitrogen and oxygen atoms in total. The molecule has 1 heterocycles. The predicted octanol–water partition coefficient (Wildman–Crippen LogP) is -3.09. The van der Waals surface area contributed by atoms with Gasteiger partial charge in [-0.2, -0.15) is 0 Å². The molecule has 0 fully saturated rings. The number of nitrogens with zero attached hydrogens (tertiary/aromatic N) is 2. The first-order valence-corrected chi connectivity index (χ1v) is 6.05. The van der Waals surface area contributed by atoms with Crippen molar-refractivity contribution >= 4 is 5.78 Å². The molecule has 1 aromatic heterocycles. The van der Waals surface area contributed by atoms with Gasteiger partial charge >= 0.3 is 35.2 Å². The van der Waals surface area contributed by atoms with E-state index in [2.05, 4.69) is 5.92 Å². The van der Waals surface area contributed by atoms with Crippen molar-refractivity contribution in [3.05, 3.63) is 56.7 Å². The van der Waals surface area contributed by atoms with E-state index in [0.717, 1.165) is 11.5 Å². The Hall–Kier alpha value is -2.07. The maximum atomic E-state index is 12.3. The number of carbonyl (C=O) groups is 1. The fourth-order valence-corrected chi connectivity index (χ4v) is 1.97. The van der Waals surface area contributed by atoms with Crippen LogP contribution in [-0.4, -0.2) is 14.9 Å². The third-order valence-electron chi connectivity index (χ3n) is 2.91. The van der Waals surface area contributed by atoms with E-state index in [9.17, 15) is 19.5 Å². The van der Waals surface area contributed by atoms with Gasteiger partial charge in [-0.05, 0) is 24.9 Å². The molecule has 0 aliphatic rings. The zero-order chi connectivity index (χ0) is 15.6. The van der Waals surface area contributed by atoms with Crippen LogP contribution >= 0.6 is 0 Å². The number of benzene rings is 1. The standard InChI is InChI=1S/C15H12N2O4.Na/c1-3-9-16-13(19)12(10(2)18)14(20)17(15(16)21)11-7-5-4-6-8-11;/h1,4-8,19H,9H2,2H3;/q;+1/p-1. The first-order valence-electron chi connectivity index (χ1n) is 6.05. The first-order chi connectivity index (χ1) is 9.99. The smallest absolute Gasteiger partial charge is 0.859 e. The normalized spacial score (nSPS) is 9.64. The van der Waals surface area contributed by atoms with E-state index >= 15 is 0 Å². The molecule has 106 valence electrons. The van der Waals surface area contributed by atoms with E-state index in [1.165, 1.54) is 12.1 Å². The number of para-hydroxylation sites is 1. The summed E-state index contributed by atoms with van der Waals surface area (Å²) in [6.45, 7) is 0.781. The molecule has 1 aromatic carbocycles. The van der Waals surface area contributed by atoms with Gasteiger partial charge in [0.25, 0.3) is 5.56 Å². The van der Waals surface area contributed by atoms with Gasteiger partial charge < -0.3 is 5.11 Å². The van der Waals surface area contributed by atoms with Gasteiger partial charge in [0.15, 0.2) is 5.78 Å². The second kappa shape index (κ2) is 7.27. The Bertz CT molecular complexity index is 860. The fraction of sp³-hybridized carbons (Fsp3) is 0.133. The monoisotopic (exact) mass is 306 g/mol. The van der Waals surface area contributed by atoms with Crippen molar-refractivity contribution in [2.45, 2.75) is 13.5 Å². The quantitative estimate of drug-likeness (QED) is 0.342. The number of aromatic nitrogens is 2. The van der Waals surface area contributed by atoms with Crippen LogP contribution in [0.4, 0.5) is 0 Å². The van der Waals surface area contributed by atoms with Crippen LogP contribution < -0.4 is 45.9 Å². The third kappa shape index (κ3) is 3.07. The molecule has 2 rings (SSSR count). The first kappa shape index (κ1) is 18.0. The number of Topliss-reactive ketones (excluding diaryl/α,β-unsaturated/α-hetero) is 1. The van der Waals surface area contributed by atoms with Crippen molar-refractivity contribution in [1.82, 2.24) is 9.13 Å². The van der Waals surface area contributed by atoms with Crippen LogP contribution in [-0.2, 0) is 6.54 Å². The van der Waals surface area contributed by atoms with E-state index < -0.39 is 28.5 Å². The molecule has 0 atom stereocenters. The van der Waals surface area contributed by atoms with Gasteiger partial charge in [-0.25, -0.2) is 9.36 Å². The van der Waals surface area contributed by atoms with Crippen molar-refractivity contribution in [1.29, 1.82) is 0 Å². The number of hydrogen-bond donors (Lipinski definition) is 0. The average Bonchev–Trinajstić information content (AvgIpc) is 2.44. The molecule has 22 heavy (non-hydrogen) atoms. The summed E-state index contributed by atoms with van der Waals surface area (Å²) < 4.78 is 1.47. The number of hydrogen-bond acceptors (Lipinski definition) is 4. The molecular weight excluding hydrogens is 295 g/mol. The predicted molar refractivity (Wildman–Crippen MR) is 74.6 cm³/mol. The molecule has 0 spiro atoms.